The molecule has 0 aliphatic carbocycles. The summed E-state index contributed by atoms with van der Waals surface area (Å²) in [5.74, 6) is 0.651. The van der Waals surface area contributed by atoms with E-state index >= 15 is 0 Å². The third-order valence-corrected chi connectivity index (χ3v) is 3.97. The van der Waals surface area contributed by atoms with Gasteiger partial charge in [-0.3, -0.25) is 9.47 Å². The number of rotatable bonds is 6. The third-order valence-electron chi connectivity index (χ3n) is 3.97. The molecular weight excluding hydrogens is 312 g/mol. The lowest BCUT2D eigenvalue weighted by Gasteiger charge is -2.28. The van der Waals surface area contributed by atoms with Crippen LogP contribution in [0.4, 0.5) is 5.82 Å². The van der Waals surface area contributed by atoms with E-state index in [4.69, 9.17) is 9.47 Å². The second-order valence-electron chi connectivity index (χ2n) is 6.34. The van der Waals surface area contributed by atoms with Gasteiger partial charge in [-0.25, -0.2) is 0 Å². The van der Waals surface area contributed by atoms with Crippen LogP contribution in [0.3, 0.4) is 0 Å². The molecule has 0 saturated heterocycles. The lowest BCUT2D eigenvalue weighted by molar-refractivity contribution is -0.389. The molecule has 2 aromatic rings. The first-order valence-corrected chi connectivity index (χ1v) is 7.60. The predicted octanol–water partition coefficient (Wildman–Crippen LogP) is 2.08. The number of nitro groups is 1. The van der Waals surface area contributed by atoms with Gasteiger partial charge in [-0.15, -0.1) is 0 Å². The molecule has 0 fully saturated rings. The minimum absolute atomic E-state index is 0.182. The summed E-state index contributed by atoms with van der Waals surface area (Å²) < 4.78 is 12.7. The maximum atomic E-state index is 10.8. The minimum Gasteiger partial charge on any atom is -0.497 e. The highest BCUT2D eigenvalue weighted by molar-refractivity contribution is 5.27. The van der Waals surface area contributed by atoms with Crippen molar-refractivity contribution >= 4 is 5.82 Å². The van der Waals surface area contributed by atoms with Crippen LogP contribution in [0.25, 0.3) is 0 Å². The summed E-state index contributed by atoms with van der Waals surface area (Å²) in [6, 6.07) is 8.24. The topological polar surface area (TPSA) is 82.7 Å². The van der Waals surface area contributed by atoms with E-state index in [0.29, 0.717) is 19.1 Å². The zero-order chi connectivity index (χ0) is 17.3. The number of aromatic nitrogens is 2. The van der Waals surface area contributed by atoms with E-state index in [-0.39, 0.29) is 5.82 Å². The van der Waals surface area contributed by atoms with Gasteiger partial charge in [0.25, 0.3) is 0 Å². The van der Waals surface area contributed by atoms with Gasteiger partial charge in [0.05, 0.1) is 13.7 Å². The number of nitrogens with zero attached hydrogens (tertiary/aromatic N) is 4. The quantitative estimate of drug-likeness (QED) is 0.595. The highest BCUT2D eigenvalue weighted by Gasteiger charge is 2.40. The van der Waals surface area contributed by atoms with E-state index in [1.54, 1.807) is 11.7 Å². The Kier molecular flexibility index (Phi) is 4.15. The molecular formula is C16H20N4O4. The van der Waals surface area contributed by atoms with Crippen LogP contribution in [0.5, 0.6) is 11.8 Å². The number of hydrogen-bond donors (Lipinski definition) is 0. The van der Waals surface area contributed by atoms with E-state index in [2.05, 4.69) is 9.88 Å². The van der Waals surface area contributed by atoms with E-state index in [1.165, 1.54) is 11.8 Å². The van der Waals surface area contributed by atoms with E-state index in [9.17, 15) is 10.1 Å². The molecule has 0 spiro atoms. The second kappa shape index (κ2) is 6.12. The maximum Gasteiger partial charge on any atom is 0.415 e. The van der Waals surface area contributed by atoms with Crippen LogP contribution in [-0.2, 0) is 13.1 Å². The van der Waals surface area contributed by atoms with Crippen molar-refractivity contribution in [2.75, 3.05) is 20.7 Å². The van der Waals surface area contributed by atoms with Crippen molar-refractivity contribution in [3.05, 3.63) is 46.1 Å². The molecule has 0 radical (unpaired) electrons. The first kappa shape index (κ1) is 16.3. The Labute approximate surface area is 139 Å². The smallest absolute Gasteiger partial charge is 0.415 e. The van der Waals surface area contributed by atoms with E-state index in [1.807, 2.05) is 38.2 Å². The van der Waals surface area contributed by atoms with E-state index < -0.39 is 10.5 Å². The lowest BCUT2D eigenvalue weighted by Crippen LogP contribution is -2.43. The van der Waals surface area contributed by atoms with Crippen molar-refractivity contribution in [3.8, 4) is 11.8 Å². The second-order valence-corrected chi connectivity index (χ2v) is 6.34. The molecule has 1 aliphatic heterocycles. The van der Waals surface area contributed by atoms with Crippen molar-refractivity contribution in [2.24, 2.45) is 0 Å². The summed E-state index contributed by atoms with van der Waals surface area (Å²) in [5.41, 5.74) is 0.715. The summed E-state index contributed by atoms with van der Waals surface area (Å²) >= 11 is 0. The van der Waals surface area contributed by atoms with Crippen LogP contribution in [-0.4, -0.2) is 45.7 Å². The zero-order valence-electron chi connectivity index (χ0n) is 13.9. The summed E-state index contributed by atoms with van der Waals surface area (Å²) in [6.45, 7) is 3.97. The predicted molar refractivity (Wildman–Crippen MR) is 87.2 cm³/mol. The molecule has 2 heterocycles. The first-order chi connectivity index (χ1) is 11.4. The Morgan fingerprint density at radius 2 is 2.17 bits per heavy atom. The van der Waals surface area contributed by atoms with Crippen LogP contribution in [0.2, 0.25) is 0 Å². The van der Waals surface area contributed by atoms with Crippen LogP contribution in [0.15, 0.2) is 30.5 Å². The lowest BCUT2D eigenvalue weighted by atomic mass is 10.1. The first-order valence-electron chi connectivity index (χ1n) is 7.60. The van der Waals surface area contributed by atoms with Gasteiger partial charge in [-0.1, -0.05) is 12.1 Å². The largest absolute Gasteiger partial charge is 0.497 e. The summed E-state index contributed by atoms with van der Waals surface area (Å²) in [6.07, 6.45) is 1.42. The molecule has 3 rings (SSSR count). The normalized spacial score (nSPS) is 19.2. The molecule has 24 heavy (non-hydrogen) atoms. The summed E-state index contributed by atoms with van der Waals surface area (Å²) in [5, 5.41) is 10.8. The fourth-order valence-electron chi connectivity index (χ4n) is 3.03. The van der Waals surface area contributed by atoms with Gasteiger partial charge in [-0.05, 0) is 36.6 Å². The molecule has 1 aliphatic rings. The van der Waals surface area contributed by atoms with E-state index in [0.717, 1.165) is 12.3 Å². The Balaban J connectivity index is 1.60. The number of ether oxygens (including phenoxy) is 2. The Hall–Kier alpha value is -2.61. The van der Waals surface area contributed by atoms with Crippen molar-refractivity contribution < 1.29 is 14.4 Å². The molecule has 0 amide bonds. The molecule has 1 atom stereocenters. The summed E-state index contributed by atoms with van der Waals surface area (Å²) in [7, 11) is 3.66. The van der Waals surface area contributed by atoms with Gasteiger partial charge in [-0.2, -0.15) is 0 Å². The summed E-state index contributed by atoms with van der Waals surface area (Å²) in [4.78, 5) is 16.3. The standard InChI is InChI=1S/C16H20N4O4/c1-16(11-19-9-14(20(21)22)17-15(19)24-16)10-18(2)8-12-4-6-13(23-3)7-5-12/h4-7,9H,8,10-11H2,1-3H3. The molecule has 0 saturated carbocycles. The van der Waals surface area contributed by atoms with Crippen LogP contribution in [0.1, 0.15) is 12.5 Å². The van der Waals surface area contributed by atoms with Crippen molar-refractivity contribution in [2.45, 2.75) is 25.6 Å². The molecule has 8 heteroatoms. The maximum absolute atomic E-state index is 10.8. The Morgan fingerprint density at radius 3 is 2.75 bits per heavy atom. The highest BCUT2D eigenvalue weighted by Crippen LogP contribution is 2.31. The highest BCUT2D eigenvalue weighted by atomic mass is 16.6. The van der Waals surface area contributed by atoms with Gasteiger partial charge in [0.2, 0.25) is 0 Å². The van der Waals surface area contributed by atoms with Gasteiger partial charge in [0.15, 0.2) is 0 Å². The zero-order valence-corrected chi connectivity index (χ0v) is 13.9. The average molecular weight is 332 g/mol. The van der Waals surface area contributed by atoms with Gasteiger partial charge in [0.1, 0.15) is 17.5 Å². The molecule has 8 nitrogen and oxygen atoms in total. The fraction of sp³-hybridized carbons (Fsp3) is 0.438. The van der Waals surface area contributed by atoms with Crippen LogP contribution >= 0.6 is 0 Å². The number of imidazole rings is 1. The van der Waals surface area contributed by atoms with Crippen molar-refractivity contribution in [3.63, 3.8) is 0 Å². The third kappa shape index (κ3) is 3.33. The number of hydrogen-bond acceptors (Lipinski definition) is 6. The Bertz CT molecular complexity index is 718. The average Bonchev–Trinajstić information content (AvgIpc) is 3.02. The van der Waals surface area contributed by atoms with Crippen LogP contribution < -0.4 is 9.47 Å². The molecule has 0 N–H and O–H groups in total. The SMILES string of the molecule is COc1ccc(CN(C)CC2(C)Cn3cc([N+](=O)[O-])nc3O2)cc1. The van der Waals surface area contributed by atoms with Gasteiger partial charge >= 0.3 is 11.8 Å². The molecule has 128 valence electrons. The Morgan fingerprint density at radius 1 is 1.46 bits per heavy atom. The number of methoxy groups -OCH3 is 1. The minimum atomic E-state index is -0.512. The van der Waals surface area contributed by atoms with Gasteiger partial charge < -0.3 is 19.6 Å². The van der Waals surface area contributed by atoms with Crippen LogP contribution in [0, 0.1) is 10.1 Å². The van der Waals surface area contributed by atoms with Crippen molar-refractivity contribution in [1.82, 2.24) is 14.5 Å². The molecule has 1 aromatic heterocycles. The number of fused-ring (bicyclic) bond motifs is 1. The number of benzene rings is 1. The molecule has 1 aromatic carbocycles. The fourth-order valence-corrected chi connectivity index (χ4v) is 3.03. The molecule has 1 unspecified atom stereocenters. The van der Waals surface area contributed by atoms with Crippen molar-refractivity contribution in [1.29, 1.82) is 0 Å². The monoisotopic (exact) mass is 332 g/mol. The van der Waals surface area contributed by atoms with Gasteiger partial charge in [0, 0.05) is 18.1 Å². The molecule has 0 bridgehead atoms. The number of likely N-dealkylation sites (N-methyl/N-ethyl adjacent to an activating group) is 1.